The van der Waals surface area contributed by atoms with Crippen LogP contribution in [0.15, 0.2) is 82.5 Å². The number of para-hydroxylation sites is 1. The molecule has 0 aliphatic heterocycles. The summed E-state index contributed by atoms with van der Waals surface area (Å²) in [6.07, 6.45) is 3.22. The molecule has 0 bridgehead atoms. The maximum Gasteiger partial charge on any atom is 0.272 e. The summed E-state index contributed by atoms with van der Waals surface area (Å²) in [6, 6.07) is 20.9. The van der Waals surface area contributed by atoms with Gasteiger partial charge in [-0.3, -0.25) is 4.79 Å². The predicted molar refractivity (Wildman–Crippen MR) is 125 cm³/mol. The minimum Gasteiger partial charge on any atom is -0.463 e. The fourth-order valence-corrected chi connectivity index (χ4v) is 3.50. The molecule has 0 aliphatic carbocycles. The summed E-state index contributed by atoms with van der Waals surface area (Å²) in [5.41, 5.74) is 6.52. The molecule has 0 saturated carbocycles. The number of hydrazone groups is 1. The smallest absolute Gasteiger partial charge is 0.272 e. The van der Waals surface area contributed by atoms with Crippen LogP contribution >= 0.6 is 0 Å². The number of aromatic nitrogens is 1. The van der Waals surface area contributed by atoms with E-state index < -0.39 is 0 Å². The van der Waals surface area contributed by atoms with Gasteiger partial charge < -0.3 is 9.32 Å². The first-order chi connectivity index (χ1) is 15.2. The maximum atomic E-state index is 12.9. The minimum atomic E-state index is -0.303. The van der Waals surface area contributed by atoms with Gasteiger partial charge in [0.25, 0.3) is 5.91 Å². The number of pyridine rings is 1. The molecule has 156 valence electrons. The molecule has 6 nitrogen and oxygen atoms in total. The molecule has 0 radical (unpaired) electrons. The summed E-state index contributed by atoms with van der Waals surface area (Å²) in [7, 11) is 0. The second kappa shape index (κ2) is 9.26. The number of carbonyl (C=O) groups excluding carboxylic acids is 1. The largest absolute Gasteiger partial charge is 0.463 e. The van der Waals surface area contributed by atoms with E-state index in [0.717, 1.165) is 29.6 Å². The van der Waals surface area contributed by atoms with Crippen molar-refractivity contribution in [3.05, 3.63) is 84.1 Å². The highest BCUT2D eigenvalue weighted by atomic mass is 16.3. The quantitative estimate of drug-likeness (QED) is 0.338. The summed E-state index contributed by atoms with van der Waals surface area (Å²) < 4.78 is 5.46. The average molecular weight is 412 g/mol. The molecule has 0 aliphatic rings. The van der Waals surface area contributed by atoms with Gasteiger partial charge in [-0.15, -0.1) is 0 Å². The highest BCUT2D eigenvalue weighted by molar-refractivity contribution is 6.07. The Morgan fingerprint density at radius 2 is 1.84 bits per heavy atom. The van der Waals surface area contributed by atoms with Crippen LogP contribution in [-0.2, 0) is 0 Å². The van der Waals surface area contributed by atoms with Crippen molar-refractivity contribution in [1.82, 2.24) is 10.4 Å². The van der Waals surface area contributed by atoms with E-state index in [0.29, 0.717) is 17.0 Å². The van der Waals surface area contributed by atoms with Crippen molar-refractivity contribution in [1.29, 1.82) is 0 Å². The Morgan fingerprint density at radius 3 is 2.55 bits per heavy atom. The van der Waals surface area contributed by atoms with Gasteiger partial charge in [-0.1, -0.05) is 30.3 Å². The normalized spacial score (nSPS) is 11.2. The van der Waals surface area contributed by atoms with Crippen LogP contribution in [0.25, 0.3) is 22.4 Å². The lowest BCUT2D eigenvalue weighted by Crippen LogP contribution is -2.21. The predicted octanol–water partition coefficient (Wildman–Crippen LogP) is 5.10. The molecule has 4 aromatic rings. The molecule has 0 spiro atoms. The highest BCUT2D eigenvalue weighted by Gasteiger charge is 2.14. The van der Waals surface area contributed by atoms with Gasteiger partial charge in [0.05, 0.1) is 23.6 Å². The molecule has 1 amide bonds. The summed E-state index contributed by atoms with van der Waals surface area (Å²) >= 11 is 0. The Hall–Kier alpha value is -3.93. The van der Waals surface area contributed by atoms with Crippen molar-refractivity contribution in [3.63, 3.8) is 0 Å². The van der Waals surface area contributed by atoms with Crippen LogP contribution in [-0.4, -0.2) is 30.2 Å². The molecule has 1 N–H and O–H groups in total. The third kappa shape index (κ3) is 4.48. The minimum absolute atomic E-state index is 0.303. The number of hydrogen-bond donors (Lipinski definition) is 1. The first-order valence-electron chi connectivity index (χ1n) is 10.3. The van der Waals surface area contributed by atoms with Crippen LogP contribution in [0.3, 0.4) is 0 Å². The Morgan fingerprint density at radius 1 is 1.06 bits per heavy atom. The van der Waals surface area contributed by atoms with E-state index in [1.807, 2.05) is 42.5 Å². The van der Waals surface area contributed by atoms with Crippen molar-refractivity contribution >= 4 is 28.7 Å². The molecule has 4 rings (SSSR count). The van der Waals surface area contributed by atoms with Crippen molar-refractivity contribution < 1.29 is 9.21 Å². The topological polar surface area (TPSA) is 70.7 Å². The van der Waals surface area contributed by atoms with E-state index in [2.05, 4.69) is 46.4 Å². The molecule has 0 unspecified atom stereocenters. The van der Waals surface area contributed by atoms with E-state index >= 15 is 0 Å². The molecular formula is C25H24N4O2. The lowest BCUT2D eigenvalue weighted by Gasteiger charge is -2.20. The van der Waals surface area contributed by atoms with Crippen molar-refractivity contribution in [2.24, 2.45) is 5.10 Å². The van der Waals surface area contributed by atoms with Crippen LogP contribution in [0.5, 0.6) is 0 Å². The molecule has 31 heavy (non-hydrogen) atoms. The summed E-state index contributed by atoms with van der Waals surface area (Å²) in [5.74, 6) is 0.305. The van der Waals surface area contributed by atoms with E-state index in [-0.39, 0.29) is 5.91 Å². The molecular weight excluding hydrogens is 388 g/mol. The highest BCUT2D eigenvalue weighted by Crippen LogP contribution is 2.25. The zero-order valence-corrected chi connectivity index (χ0v) is 17.6. The maximum absolute atomic E-state index is 12.9. The Balaban J connectivity index is 1.55. The number of amides is 1. The number of benzene rings is 2. The van der Waals surface area contributed by atoms with E-state index in [4.69, 9.17) is 4.42 Å². The van der Waals surface area contributed by atoms with E-state index in [1.54, 1.807) is 24.6 Å². The fraction of sp³-hybridized carbons (Fsp3) is 0.160. The molecule has 0 atom stereocenters. The summed E-state index contributed by atoms with van der Waals surface area (Å²) in [6.45, 7) is 6.18. The van der Waals surface area contributed by atoms with E-state index in [1.165, 1.54) is 5.69 Å². The Bertz CT molecular complexity index is 1190. The SMILES string of the molecule is CCN(CC)c1ccc(/C=N/NC(=O)c2cc(-c3ccco3)nc3ccccc23)cc1. The number of rotatable bonds is 7. The lowest BCUT2D eigenvalue weighted by molar-refractivity contribution is 0.0956. The van der Waals surface area contributed by atoms with Gasteiger partial charge in [0.2, 0.25) is 0 Å². The van der Waals surface area contributed by atoms with Gasteiger partial charge in [-0.25, -0.2) is 10.4 Å². The number of fused-ring (bicyclic) bond motifs is 1. The zero-order valence-electron chi connectivity index (χ0n) is 17.6. The van der Waals surface area contributed by atoms with Gasteiger partial charge in [0, 0.05) is 24.2 Å². The average Bonchev–Trinajstić information content (AvgIpc) is 3.35. The zero-order chi connectivity index (χ0) is 21.6. The number of hydrogen-bond acceptors (Lipinski definition) is 5. The molecule has 0 fully saturated rings. The molecule has 0 saturated heterocycles. The van der Waals surface area contributed by atoms with Gasteiger partial charge in [-0.05, 0) is 55.8 Å². The van der Waals surface area contributed by atoms with Gasteiger partial charge in [0.15, 0.2) is 5.76 Å². The van der Waals surface area contributed by atoms with Crippen LogP contribution in [0.1, 0.15) is 29.8 Å². The van der Waals surface area contributed by atoms with E-state index in [9.17, 15) is 4.79 Å². The summed E-state index contributed by atoms with van der Waals surface area (Å²) in [5, 5.41) is 4.91. The van der Waals surface area contributed by atoms with Crippen molar-refractivity contribution in [3.8, 4) is 11.5 Å². The number of furan rings is 1. The molecule has 2 aromatic heterocycles. The monoisotopic (exact) mass is 412 g/mol. The standard InChI is InChI=1S/C25H24N4O2/c1-3-29(4-2)19-13-11-18(12-14-19)17-26-28-25(30)21-16-23(24-10-7-15-31-24)27-22-9-6-5-8-20(21)22/h5-17H,3-4H2,1-2H3,(H,28,30)/b26-17+. The first kappa shape index (κ1) is 20.3. The first-order valence-corrected chi connectivity index (χ1v) is 10.3. The number of nitrogens with zero attached hydrogens (tertiary/aromatic N) is 3. The van der Waals surface area contributed by atoms with Crippen LogP contribution < -0.4 is 10.3 Å². The fourth-order valence-electron chi connectivity index (χ4n) is 3.50. The van der Waals surface area contributed by atoms with Gasteiger partial charge in [-0.2, -0.15) is 5.10 Å². The van der Waals surface area contributed by atoms with Gasteiger partial charge in [0.1, 0.15) is 5.69 Å². The third-order valence-electron chi connectivity index (χ3n) is 5.14. The molecule has 2 aromatic carbocycles. The number of carbonyl (C=O) groups is 1. The van der Waals surface area contributed by atoms with Crippen molar-refractivity contribution in [2.45, 2.75) is 13.8 Å². The van der Waals surface area contributed by atoms with Crippen LogP contribution in [0.2, 0.25) is 0 Å². The second-order valence-corrected chi connectivity index (χ2v) is 7.01. The third-order valence-corrected chi connectivity index (χ3v) is 5.14. The lowest BCUT2D eigenvalue weighted by atomic mass is 10.1. The summed E-state index contributed by atoms with van der Waals surface area (Å²) in [4.78, 5) is 19.8. The molecule has 2 heterocycles. The Kier molecular flexibility index (Phi) is 6.08. The van der Waals surface area contributed by atoms with Crippen LogP contribution in [0, 0.1) is 0 Å². The van der Waals surface area contributed by atoms with Gasteiger partial charge >= 0.3 is 0 Å². The second-order valence-electron chi connectivity index (χ2n) is 7.01. The Labute approximate surface area is 181 Å². The van der Waals surface area contributed by atoms with Crippen molar-refractivity contribution in [2.75, 3.05) is 18.0 Å². The number of anilines is 1. The number of nitrogens with one attached hydrogen (secondary N) is 1. The van der Waals surface area contributed by atoms with Crippen LogP contribution in [0.4, 0.5) is 5.69 Å². The molecule has 6 heteroatoms.